The minimum Gasteiger partial charge on any atom is -0.508 e. The Morgan fingerprint density at radius 1 is 0.861 bits per heavy atom. The number of phenols is 1. The van der Waals surface area contributed by atoms with E-state index in [1.54, 1.807) is 12.1 Å². The lowest BCUT2D eigenvalue weighted by Gasteiger charge is -2.25. The second kappa shape index (κ2) is 15.3. The molecule has 0 aliphatic heterocycles. The van der Waals surface area contributed by atoms with Crippen molar-refractivity contribution in [3.05, 3.63) is 29.8 Å². The molecular weight excluding hydrogens is 472 g/mol. The quantitative estimate of drug-likeness (QED) is 0.117. The number of nitrogens with two attached hydrogens (primary N) is 3. The van der Waals surface area contributed by atoms with Crippen LogP contribution >= 0.6 is 0 Å². The molecule has 0 fully saturated rings. The van der Waals surface area contributed by atoms with Gasteiger partial charge >= 0.3 is 5.97 Å². The standard InChI is InChI=1S/C23H36N6O7/c1-13(25)20(32)29-18(12-14-5-7-15(30)8-6-14)22(34)27-16(4-2-3-11-24)21(33)28-17(23(35)36)9-10-19(26)31/h5-8,13,16-18,30H,2-4,9-12,24-25H2,1H3,(H2,26,31)(H,27,34)(H,28,33)(H,29,32)(H,35,36). The largest absolute Gasteiger partial charge is 0.508 e. The van der Waals surface area contributed by atoms with E-state index in [0.717, 1.165) is 0 Å². The number of hydrogen-bond acceptors (Lipinski definition) is 8. The van der Waals surface area contributed by atoms with Crippen molar-refractivity contribution in [3.8, 4) is 5.75 Å². The van der Waals surface area contributed by atoms with E-state index in [1.165, 1.54) is 19.1 Å². The molecule has 0 spiro atoms. The zero-order valence-electron chi connectivity index (χ0n) is 20.2. The third kappa shape index (κ3) is 11.1. The van der Waals surface area contributed by atoms with Gasteiger partial charge in [0.05, 0.1) is 6.04 Å². The lowest BCUT2D eigenvalue weighted by atomic mass is 10.0. The van der Waals surface area contributed by atoms with Gasteiger partial charge in [0.2, 0.25) is 23.6 Å². The lowest BCUT2D eigenvalue weighted by Crippen LogP contribution is -2.57. The highest BCUT2D eigenvalue weighted by molar-refractivity contribution is 5.94. The molecule has 0 bridgehead atoms. The summed E-state index contributed by atoms with van der Waals surface area (Å²) in [6.45, 7) is 1.80. The van der Waals surface area contributed by atoms with Gasteiger partial charge < -0.3 is 43.4 Å². The highest BCUT2D eigenvalue weighted by Crippen LogP contribution is 2.12. The van der Waals surface area contributed by atoms with Crippen LogP contribution in [0.15, 0.2) is 24.3 Å². The van der Waals surface area contributed by atoms with E-state index in [9.17, 15) is 34.2 Å². The Morgan fingerprint density at radius 3 is 1.94 bits per heavy atom. The summed E-state index contributed by atoms with van der Waals surface area (Å²) >= 11 is 0. The first-order valence-electron chi connectivity index (χ1n) is 11.6. The number of carbonyl (C=O) groups excluding carboxylic acids is 4. The molecule has 0 saturated heterocycles. The molecule has 0 heterocycles. The van der Waals surface area contributed by atoms with Crippen molar-refractivity contribution < 1.29 is 34.2 Å². The fourth-order valence-corrected chi connectivity index (χ4v) is 3.23. The Morgan fingerprint density at radius 2 is 1.42 bits per heavy atom. The predicted octanol–water partition coefficient (Wildman–Crippen LogP) is -1.78. The molecule has 0 radical (unpaired) electrons. The third-order valence-electron chi connectivity index (χ3n) is 5.30. The lowest BCUT2D eigenvalue weighted by molar-refractivity contribution is -0.142. The number of unbranched alkanes of at least 4 members (excludes halogenated alkanes) is 1. The molecule has 200 valence electrons. The maximum atomic E-state index is 13.2. The van der Waals surface area contributed by atoms with Crippen LogP contribution in [0.5, 0.6) is 5.75 Å². The first-order chi connectivity index (χ1) is 16.9. The van der Waals surface area contributed by atoms with Crippen LogP contribution in [0.1, 0.15) is 44.6 Å². The number of hydrogen-bond donors (Lipinski definition) is 8. The summed E-state index contributed by atoms with van der Waals surface area (Å²) < 4.78 is 0. The number of carboxylic acid groups (broad SMARTS) is 1. The van der Waals surface area contributed by atoms with Crippen LogP contribution in [0, 0.1) is 0 Å². The number of aromatic hydroxyl groups is 1. The van der Waals surface area contributed by atoms with Crippen molar-refractivity contribution in [2.45, 2.75) is 69.6 Å². The van der Waals surface area contributed by atoms with E-state index in [0.29, 0.717) is 24.9 Å². The third-order valence-corrected chi connectivity index (χ3v) is 5.30. The molecule has 11 N–H and O–H groups in total. The Labute approximate surface area is 209 Å². The molecule has 1 aromatic carbocycles. The average Bonchev–Trinajstić information content (AvgIpc) is 2.81. The number of aliphatic carboxylic acids is 1. The van der Waals surface area contributed by atoms with E-state index in [2.05, 4.69) is 16.0 Å². The normalized spacial score (nSPS) is 14.1. The molecule has 4 unspecified atom stereocenters. The summed E-state index contributed by atoms with van der Waals surface area (Å²) in [5.74, 6) is -4.08. The van der Waals surface area contributed by atoms with E-state index < -0.39 is 53.8 Å². The van der Waals surface area contributed by atoms with Crippen molar-refractivity contribution in [2.75, 3.05) is 6.54 Å². The van der Waals surface area contributed by atoms with E-state index in [1.807, 2.05) is 0 Å². The first kappa shape index (κ1) is 30.3. The maximum Gasteiger partial charge on any atom is 0.326 e. The van der Waals surface area contributed by atoms with Crippen LogP contribution in [-0.4, -0.2) is 70.5 Å². The molecule has 0 aliphatic carbocycles. The molecule has 0 saturated carbocycles. The van der Waals surface area contributed by atoms with Gasteiger partial charge in [-0.1, -0.05) is 12.1 Å². The Kier molecular flexibility index (Phi) is 12.9. The molecule has 13 nitrogen and oxygen atoms in total. The molecule has 0 aromatic heterocycles. The number of primary amides is 1. The van der Waals surface area contributed by atoms with E-state index in [4.69, 9.17) is 17.2 Å². The monoisotopic (exact) mass is 508 g/mol. The zero-order valence-corrected chi connectivity index (χ0v) is 20.2. The van der Waals surface area contributed by atoms with Crippen LogP contribution in [0.25, 0.3) is 0 Å². The summed E-state index contributed by atoms with van der Waals surface area (Å²) in [6, 6.07) is 1.49. The van der Waals surface area contributed by atoms with Gasteiger partial charge in [0, 0.05) is 12.8 Å². The number of carbonyl (C=O) groups is 5. The van der Waals surface area contributed by atoms with Crippen LogP contribution < -0.4 is 33.2 Å². The van der Waals surface area contributed by atoms with Crippen LogP contribution in [0.3, 0.4) is 0 Å². The Bertz CT molecular complexity index is 907. The number of phenolic OH excluding ortho intramolecular Hbond substituents is 1. The maximum absolute atomic E-state index is 13.2. The first-order valence-corrected chi connectivity index (χ1v) is 11.6. The zero-order chi connectivity index (χ0) is 27.3. The van der Waals surface area contributed by atoms with Crippen molar-refractivity contribution in [1.82, 2.24) is 16.0 Å². The molecule has 4 amide bonds. The van der Waals surface area contributed by atoms with E-state index >= 15 is 0 Å². The molecule has 1 rings (SSSR count). The molecule has 0 aliphatic rings. The number of carboxylic acids is 1. The summed E-state index contributed by atoms with van der Waals surface area (Å²) in [7, 11) is 0. The van der Waals surface area contributed by atoms with Gasteiger partial charge in [0.25, 0.3) is 0 Å². The van der Waals surface area contributed by atoms with E-state index in [-0.39, 0.29) is 31.4 Å². The van der Waals surface area contributed by atoms with Gasteiger partial charge in [-0.15, -0.1) is 0 Å². The fraction of sp³-hybridized carbons (Fsp3) is 0.522. The van der Waals surface area contributed by atoms with Crippen molar-refractivity contribution in [2.24, 2.45) is 17.2 Å². The van der Waals surface area contributed by atoms with Crippen LogP contribution in [0.4, 0.5) is 0 Å². The number of amides is 4. The number of nitrogens with one attached hydrogen (secondary N) is 3. The number of rotatable bonds is 16. The second-order valence-corrected chi connectivity index (χ2v) is 8.47. The highest BCUT2D eigenvalue weighted by atomic mass is 16.4. The highest BCUT2D eigenvalue weighted by Gasteiger charge is 2.30. The van der Waals surface area contributed by atoms with Crippen molar-refractivity contribution in [1.29, 1.82) is 0 Å². The second-order valence-electron chi connectivity index (χ2n) is 8.47. The van der Waals surface area contributed by atoms with Crippen molar-refractivity contribution in [3.63, 3.8) is 0 Å². The Balaban J connectivity index is 3.07. The van der Waals surface area contributed by atoms with Gasteiger partial charge in [0.15, 0.2) is 0 Å². The summed E-state index contributed by atoms with van der Waals surface area (Å²) in [5.41, 5.74) is 16.8. The van der Waals surface area contributed by atoms with Gasteiger partial charge in [-0.2, -0.15) is 0 Å². The fourth-order valence-electron chi connectivity index (χ4n) is 3.23. The predicted molar refractivity (Wildman–Crippen MR) is 130 cm³/mol. The van der Waals surface area contributed by atoms with Crippen molar-refractivity contribution >= 4 is 29.6 Å². The molecule has 4 atom stereocenters. The minimum absolute atomic E-state index is 0.0281. The summed E-state index contributed by atoms with van der Waals surface area (Å²) in [5, 5.41) is 26.3. The average molecular weight is 509 g/mol. The van der Waals surface area contributed by atoms with Gasteiger partial charge in [-0.3, -0.25) is 19.2 Å². The van der Waals surface area contributed by atoms with Crippen LogP contribution in [0.2, 0.25) is 0 Å². The molecular formula is C23H36N6O7. The number of benzene rings is 1. The van der Waals surface area contributed by atoms with Gasteiger partial charge in [-0.05, 0) is 56.8 Å². The van der Waals surface area contributed by atoms with Gasteiger partial charge in [-0.25, -0.2) is 4.79 Å². The van der Waals surface area contributed by atoms with Crippen LogP contribution in [-0.2, 0) is 30.4 Å². The Hall–Kier alpha value is -3.71. The molecule has 13 heteroatoms. The smallest absolute Gasteiger partial charge is 0.326 e. The van der Waals surface area contributed by atoms with Gasteiger partial charge in [0.1, 0.15) is 23.9 Å². The summed E-state index contributed by atoms with van der Waals surface area (Å²) in [4.78, 5) is 60.9. The molecule has 1 aromatic rings. The summed E-state index contributed by atoms with van der Waals surface area (Å²) in [6.07, 6.45) is 0.750. The molecule has 36 heavy (non-hydrogen) atoms. The minimum atomic E-state index is -1.38. The SMILES string of the molecule is CC(N)C(=O)NC(Cc1ccc(O)cc1)C(=O)NC(CCCCN)C(=O)NC(CCC(N)=O)C(=O)O. The topological polar surface area (TPSA) is 240 Å².